The number of thioether (sulfide) groups is 2. The Morgan fingerprint density at radius 1 is 1.39 bits per heavy atom. The van der Waals surface area contributed by atoms with Crippen molar-refractivity contribution in [3.05, 3.63) is 16.8 Å². The molecule has 1 aliphatic rings. The summed E-state index contributed by atoms with van der Waals surface area (Å²) >= 11 is 5.61. The molecule has 96 valence electrons. The Bertz CT molecular complexity index is 563. The first-order valence-electron chi connectivity index (χ1n) is 5.72. The topological polar surface area (TPSA) is 63.8 Å². The van der Waals surface area contributed by atoms with Crippen LogP contribution in [0.15, 0.2) is 6.07 Å². The molecule has 1 aliphatic heterocycles. The number of nitrogens with zero attached hydrogens (tertiary/aromatic N) is 2. The van der Waals surface area contributed by atoms with Crippen LogP contribution in [0.3, 0.4) is 0 Å². The molecule has 1 unspecified atom stereocenters. The van der Waals surface area contributed by atoms with E-state index in [-0.39, 0.29) is 0 Å². The number of thiophene rings is 1. The average Bonchev–Trinajstić information content (AvgIpc) is 2.78. The standard InChI is InChI=1S/C11H14N4S3/c1-6-4-7-9(15-12)13-10(14-11(7)18-6)8-5-16-2-3-17-8/h4,8H,2-3,5,12H2,1H3,(H,13,14,15). The summed E-state index contributed by atoms with van der Waals surface area (Å²) in [5, 5.41) is 1.42. The third-order valence-electron chi connectivity index (χ3n) is 2.77. The van der Waals surface area contributed by atoms with Gasteiger partial charge < -0.3 is 5.43 Å². The third kappa shape index (κ3) is 2.32. The number of hydrogen-bond acceptors (Lipinski definition) is 7. The highest BCUT2D eigenvalue weighted by atomic mass is 32.2. The maximum atomic E-state index is 5.58. The molecule has 0 amide bonds. The van der Waals surface area contributed by atoms with E-state index in [1.54, 1.807) is 11.3 Å². The summed E-state index contributed by atoms with van der Waals surface area (Å²) in [5.74, 6) is 10.7. The summed E-state index contributed by atoms with van der Waals surface area (Å²) in [5.41, 5.74) is 2.70. The first-order chi connectivity index (χ1) is 8.78. The van der Waals surface area contributed by atoms with E-state index in [2.05, 4.69) is 23.4 Å². The molecule has 0 radical (unpaired) electrons. The molecule has 1 saturated heterocycles. The second kappa shape index (κ2) is 5.24. The largest absolute Gasteiger partial charge is 0.308 e. The lowest BCUT2D eigenvalue weighted by atomic mass is 10.3. The van der Waals surface area contributed by atoms with Gasteiger partial charge in [-0.3, -0.25) is 0 Å². The van der Waals surface area contributed by atoms with Crippen molar-refractivity contribution in [2.75, 3.05) is 22.7 Å². The van der Waals surface area contributed by atoms with Gasteiger partial charge in [-0.2, -0.15) is 11.8 Å². The van der Waals surface area contributed by atoms with Gasteiger partial charge in [0, 0.05) is 22.1 Å². The second-order valence-corrected chi connectivity index (χ2v) is 7.78. The minimum atomic E-state index is 0.391. The summed E-state index contributed by atoms with van der Waals surface area (Å²) in [6, 6.07) is 2.09. The molecule has 7 heteroatoms. The minimum Gasteiger partial charge on any atom is -0.308 e. The van der Waals surface area contributed by atoms with Crippen molar-refractivity contribution < 1.29 is 0 Å². The lowest BCUT2D eigenvalue weighted by Crippen LogP contribution is -2.14. The van der Waals surface area contributed by atoms with Gasteiger partial charge in [0.1, 0.15) is 10.7 Å². The number of aryl methyl sites for hydroxylation is 1. The number of hydrogen-bond donors (Lipinski definition) is 2. The van der Waals surface area contributed by atoms with E-state index < -0.39 is 0 Å². The van der Waals surface area contributed by atoms with E-state index in [0.717, 1.165) is 27.6 Å². The lowest BCUT2D eigenvalue weighted by Gasteiger charge is -2.20. The van der Waals surface area contributed by atoms with Crippen LogP contribution in [0.1, 0.15) is 16.0 Å². The average molecular weight is 298 g/mol. The zero-order chi connectivity index (χ0) is 12.5. The van der Waals surface area contributed by atoms with Crippen molar-refractivity contribution in [2.24, 2.45) is 5.84 Å². The van der Waals surface area contributed by atoms with Crippen LogP contribution >= 0.6 is 34.9 Å². The van der Waals surface area contributed by atoms with Gasteiger partial charge in [-0.05, 0) is 13.0 Å². The number of aromatic nitrogens is 2. The molecule has 0 bridgehead atoms. The number of hydrazine groups is 1. The van der Waals surface area contributed by atoms with Crippen molar-refractivity contribution in [2.45, 2.75) is 12.2 Å². The Labute approximate surface area is 118 Å². The van der Waals surface area contributed by atoms with E-state index in [4.69, 9.17) is 10.8 Å². The van der Waals surface area contributed by atoms with Gasteiger partial charge in [-0.1, -0.05) is 0 Å². The summed E-state index contributed by atoms with van der Waals surface area (Å²) < 4.78 is 0. The number of anilines is 1. The zero-order valence-corrected chi connectivity index (χ0v) is 12.4. The third-order valence-corrected chi connectivity index (χ3v) is 6.47. The molecule has 3 N–H and O–H groups in total. The van der Waals surface area contributed by atoms with Gasteiger partial charge in [0.05, 0.1) is 10.6 Å². The molecule has 0 saturated carbocycles. The predicted octanol–water partition coefficient (Wildman–Crippen LogP) is 2.81. The molecule has 3 heterocycles. The molecule has 1 atom stereocenters. The Kier molecular flexibility index (Phi) is 3.65. The van der Waals surface area contributed by atoms with Crippen LogP contribution < -0.4 is 11.3 Å². The predicted molar refractivity (Wildman–Crippen MR) is 82.5 cm³/mol. The fourth-order valence-electron chi connectivity index (χ4n) is 1.95. The van der Waals surface area contributed by atoms with E-state index >= 15 is 0 Å². The number of nitrogens with one attached hydrogen (secondary N) is 1. The SMILES string of the molecule is Cc1cc2c(NN)nc(C3CSCCS3)nc2s1. The number of nitrogens with two attached hydrogens (primary N) is 1. The molecule has 4 nitrogen and oxygen atoms in total. The van der Waals surface area contributed by atoms with Crippen LogP contribution in [0.5, 0.6) is 0 Å². The molecule has 2 aromatic rings. The van der Waals surface area contributed by atoms with Crippen molar-refractivity contribution in [3.63, 3.8) is 0 Å². The first kappa shape index (κ1) is 12.5. The summed E-state index contributed by atoms with van der Waals surface area (Å²) in [6.07, 6.45) is 0. The highest BCUT2D eigenvalue weighted by molar-refractivity contribution is 8.06. The Morgan fingerprint density at radius 3 is 3.00 bits per heavy atom. The fourth-order valence-corrected chi connectivity index (χ4v) is 5.43. The van der Waals surface area contributed by atoms with E-state index in [1.165, 1.54) is 16.4 Å². The number of fused-ring (bicyclic) bond motifs is 1. The monoisotopic (exact) mass is 298 g/mol. The molecule has 0 spiro atoms. The van der Waals surface area contributed by atoms with Crippen LogP contribution in [-0.2, 0) is 0 Å². The van der Waals surface area contributed by atoms with E-state index in [1.807, 2.05) is 23.5 Å². The van der Waals surface area contributed by atoms with Gasteiger partial charge >= 0.3 is 0 Å². The molecular weight excluding hydrogens is 284 g/mol. The molecular formula is C11H14N4S3. The quantitative estimate of drug-likeness (QED) is 0.656. The summed E-state index contributed by atoms with van der Waals surface area (Å²) in [6.45, 7) is 2.08. The molecule has 18 heavy (non-hydrogen) atoms. The van der Waals surface area contributed by atoms with Gasteiger partial charge in [-0.15, -0.1) is 23.1 Å². The zero-order valence-electron chi connectivity index (χ0n) is 9.97. The fraction of sp³-hybridized carbons (Fsp3) is 0.455. The van der Waals surface area contributed by atoms with Gasteiger partial charge in [0.2, 0.25) is 0 Å². The van der Waals surface area contributed by atoms with Gasteiger partial charge in [-0.25, -0.2) is 15.8 Å². The number of nitrogen functional groups attached to an aromatic ring is 1. The van der Waals surface area contributed by atoms with Crippen molar-refractivity contribution in [1.29, 1.82) is 0 Å². The van der Waals surface area contributed by atoms with Crippen LogP contribution in [0.2, 0.25) is 0 Å². The molecule has 1 fully saturated rings. The highest BCUT2D eigenvalue weighted by Crippen LogP contribution is 2.37. The normalized spacial score (nSPS) is 20.2. The summed E-state index contributed by atoms with van der Waals surface area (Å²) in [4.78, 5) is 11.6. The van der Waals surface area contributed by atoms with Crippen LogP contribution in [0.25, 0.3) is 10.2 Å². The minimum absolute atomic E-state index is 0.391. The maximum Gasteiger partial charge on any atom is 0.152 e. The smallest absolute Gasteiger partial charge is 0.152 e. The Hall–Kier alpha value is -0.500. The highest BCUT2D eigenvalue weighted by Gasteiger charge is 2.21. The van der Waals surface area contributed by atoms with E-state index in [0.29, 0.717) is 5.25 Å². The second-order valence-electron chi connectivity index (χ2n) is 4.08. The van der Waals surface area contributed by atoms with Crippen LogP contribution in [0.4, 0.5) is 5.82 Å². The van der Waals surface area contributed by atoms with Crippen molar-refractivity contribution >= 4 is 50.9 Å². The summed E-state index contributed by atoms with van der Waals surface area (Å²) in [7, 11) is 0. The lowest BCUT2D eigenvalue weighted by molar-refractivity contribution is 0.944. The van der Waals surface area contributed by atoms with E-state index in [9.17, 15) is 0 Å². The first-order valence-corrected chi connectivity index (χ1v) is 8.74. The molecule has 0 aliphatic carbocycles. The Morgan fingerprint density at radius 2 is 2.28 bits per heavy atom. The van der Waals surface area contributed by atoms with Gasteiger partial charge in [0.15, 0.2) is 5.82 Å². The molecule has 2 aromatic heterocycles. The molecule has 0 aromatic carbocycles. The van der Waals surface area contributed by atoms with Crippen molar-refractivity contribution in [3.8, 4) is 0 Å². The molecule has 3 rings (SSSR count). The maximum absolute atomic E-state index is 5.58. The number of rotatable bonds is 2. The van der Waals surface area contributed by atoms with Gasteiger partial charge in [0.25, 0.3) is 0 Å². The van der Waals surface area contributed by atoms with Crippen molar-refractivity contribution in [1.82, 2.24) is 9.97 Å². The van der Waals surface area contributed by atoms with Crippen LogP contribution in [-0.4, -0.2) is 27.2 Å². The van der Waals surface area contributed by atoms with Crippen LogP contribution in [0, 0.1) is 6.92 Å². The Balaban J connectivity index is 2.06.